The maximum atomic E-state index is 5.45. The zero-order valence-corrected chi connectivity index (χ0v) is 12.0. The maximum Gasteiger partial charge on any atom is 0.180 e. The van der Waals surface area contributed by atoms with Gasteiger partial charge in [-0.2, -0.15) is 0 Å². The van der Waals surface area contributed by atoms with Crippen LogP contribution in [0.1, 0.15) is 25.3 Å². The van der Waals surface area contributed by atoms with E-state index in [0.717, 1.165) is 11.3 Å². The summed E-state index contributed by atoms with van der Waals surface area (Å²) in [5, 5.41) is 3.28. The second-order valence-corrected chi connectivity index (χ2v) is 5.18. The minimum absolute atomic E-state index is 0.515. The zero-order chi connectivity index (χ0) is 14.8. The third-order valence-corrected chi connectivity index (χ3v) is 3.36. The van der Waals surface area contributed by atoms with Gasteiger partial charge in [-0.15, -0.1) is 0 Å². The summed E-state index contributed by atoms with van der Waals surface area (Å²) < 4.78 is 1.87. The lowest BCUT2D eigenvalue weighted by molar-refractivity contribution is 0.867. The number of fused-ring (bicyclic) bond motifs is 1. The van der Waals surface area contributed by atoms with Crippen molar-refractivity contribution >= 4 is 23.0 Å². The molecule has 2 heterocycles. The Balaban J connectivity index is 1.95. The van der Waals surface area contributed by atoms with Crippen molar-refractivity contribution in [3.05, 3.63) is 48.4 Å². The Morgan fingerprint density at radius 1 is 1.19 bits per heavy atom. The van der Waals surface area contributed by atoms with Crippen LogP contribution in [0.5, 0.6) is 0 Å². The van der Waals surface area contributed by atoms with Gasteiger partial charge < -0.3 is 15.1 Å². The molecule has 6 nitrogen and oxygen atoms in total. The van der Waals surface area contributed by atoms with Gasteiger partial charge >= 0.3 is 0 Å². The van der Waals surface area contributed by atoms with Crippen LogP contribution in [0.3, 0.4) is 0 Å². The summed E-state index contributed by atoms with van der Waals surface area (Å²) in [6, 6.07) is 8.31. The molecule has 2 aromatic heterocycles. The van der Waals surface area contributed by atoms with Crippen molar-refractivity contribution in [1.29, 1.82) is 0 Å². The van der Waals surface area contributed by atoms with E-state index in [2.05, 4.69) is 46.7 Å². The summed E-state index contributed by atoms with van der Waals surface area (Å²) in [6.07, 6.45) is 5.37. The quantitative estimate of drug-likeness (QED) is 0.506. The highest BCUT2D eigenvalue weighted by Gasteiger charge is 2.07. The van der Waals surface area contributed by atoms with Crippen LogP contribution in [0, 0.1) is 0 Å². The molecular formula is C15H18N6. The molecule has 6 heteroatoms. The summed E-state index contributed by atoms with van der Waals surface area (Å²) in [7, 11) is 0. The Kier molecular flexibility index (Phi) is 3.45. The van der Waals surface area contributed by atoms with Gasteiger partial charge in [0.2, 0.25) is 0 Å². The highest BCUT2D eigenvalue weighted by atomic mass is 15.3. The van der Waals surface area contributed by atoms with E-state index < -0.39 is 0 Å². The molecule has 0 radical (unpaired) electrons. The number of benzene rings is 1. The van der Waals surface area contributed by atoms with Crippen molar-refractivity contribution in [2.24, 2.45) is 5.84 Å². The molecule has 0 fully saturated rings. The Bertz CT molecular complexity index is 744. The first-order chi connectivity index (χ1) is 10.2. The van der Waals surface area contributed by atoms with Crippen LogP contribution in [0.2, 0.25) is 0 Å². The van der Waals surface area contributed by atoms with Gasteiger partial charge in [0.15, 0.2) is 17.3 Å². The number of nitrogens with zero attached hydrogens (tertiary/aromatic N) is 3. The van der Waals surface area contributed by atoms with Crippen molar-refractivity contribution in [3.63, 3.8) is 0 Å². The van der Waals surface area contributed by atoms with Crippen LogP contribution >= 0.6 is 0 Å². The number of nitrogens with one attached hydrogen (secondary N) is 2. The first-order valence-electron chi connectivity index (χ1n) is 6.84. The Morgan fingerprint density at radius 2 is 1.95 bits per heavy atom. The smallest absolute Gasteiger partial charge is 0.180 e. The molecule has 0 aliphatic heterocycles. The molecule has 0 saturated heterocycles. The van der Waals surface area contributed by atoms with Crippen LogP contribution in [0.15, 0.2) is 42.9 Å². The number of hydrogen-bond acceptors (Lipinski definition) is 5. The number of imidazole rings is 1. The van der Waals surface area contributed by atoms with Gasteiger partial charge in [0.1, 0.15) is 0 Å². The molecule has 0 bridgehead atoms. The highest BCUT2D eigenvalue weighted by Crippen LogP contribution is 2.22. The summed E-state index contributed by atoms with van der Waals surface area (Å²) in [6.45, 7) is 4.35. The highest BCUT2D eigenvalue weighted by molar-refractivity contribution is 5.71. The number of nitrogens with two attached hydrogens (primary N) is 1. The van der Waals surface area contributed by atoms with E-state index in [4.69, 9.17) is 5.84 Å². The van der Waals surface area contributed by atoms with Crippen molar-refractivity contribution in [1.82, 2.24) is 14.4 Å². The molecule has 0 aliphatic carbocycles. The first kappa shape index (κ1) is 13.4. The van der Waals surface area contributed by atoms with E-state index in [1.165, 1.54) is 5.56 Å². The fraction of sp³-hybridized carbons (Fsp3) is 0.200. The van der Waals surface area contributed by atoms with Crippen LogP contribution in [-0.2, 0) is 0 Å². The lowest BCUT2D eigenvalue weighted by Gasteiger charge is -2.11. The third-order valence-electron chi connectivity index (χ3n) is 3.36. The van der Waals surface area contributed by atoms with E-state index in [9.17, 15) is 0 Å². The molecule has 3 rings (SSSR count). The Labute approximate surface area is 123 Å². The maximum absolute atomic E-state index is 5.45. The largest absolute Gasteiger partial charge is 0.337 e. The van der Waals surface area contributed by atoms with Crippen LogP contribution in [0.4, 0.5) is 17.3 Å². The SMILES string of the molecule is CC(C)c1ccc(Nc2nc(NN)cn3ccnc23)cc1. The summed E-state index contributed by atoms with van der Waals surface area (Å²) in [4.78, 5) is 8.72. The third kappa shape index (κ3) is 2.66. The molecular weight excluding hydrogens is 264 g/mol. The van der Waals surface area contributed by atoms with Crippen LogP contribution in [-0.4, -0.2) is 14.4 Å². The normalized spacial score (nSPS) is 11.0. The van der Waals surface area contributed by atoms with E-state index in [-0.39, 0.29) is 0 Å². The van der Waals surface area contributed by atoms with Crippen molar-refractivity contribution in [2.45, 2.75) is 19.8 Å². The Morgan fingerprint density at radius 3 is 2.62 bits per heavy atom. The average Bonchev–Trinajstić information content (AvgIpc) is 2.96. The molecule has 0 unspecified atom stereocenters. The summed E-state index contributed by atoms with van der Waals surface area (Å²) in [5.41, 5.74) is 5.58. The molecule has 0 aliphatic rings. The number of nitrogen functional groups attached to an aromatic ring is 1. The molecule has 4 N–H and O–H groups in total. The topological polar surface area (TPSA) is 80.3 Å². The van der Waals surface area contributed by atoms with Gasteiger partial charge in [-0.1, -0.05) is 26.0 Å². The fourth-order valence-electron chi connectivity index (χ4n) is 2.17. The van der Waals surface area contributed by atoms with Crippen molar-refractivity contribution in [3.8, 4) is 0 Å². The van der Waals surface area contributed by atoms with Gasteiger partial charge in [0.05, 0.1) is 6.20 Å². The standard InChI is InChI=1S/C15H18N6/c1-10(2)11-3-5-12(6-4-11)18-14-15-17-7-8-21(15)9-13(19-14)20-16/h3-10,20H,16H2,1-2H3,(H,18,19). The predicted molar refractivity (Wildman–Crippen MR) is 84.6 cm³/mol. The molecule has 108 valence electrons. The minimum Gasteiger partial charge on any atom is -0.337 e. The van der Waals surface area contributed by atoms with Crippen LogP contribution < -0.4 is 16.6 Å². The van der Waals surface area contributed by atoms with Gasteiger partial charge in [0.25, 0.3) is 0 Å². The van der Waals surface area contributed by atoms with Gasteiger partial charge in [-0.05, 0) is 23.6 Å². The number of aromatic nitrogens is 3. The fourth-order valence-corrected chi connectivity index (χ4v) is 2.17. The number of anilines is 3. The monoisotopic (exact) mass is 282 g/mol. The summed E-state index contributed by atoms with van der Waals surface area (Å²) >= 11 is 0. The van der Waals surface area contributed by atoms with E-state index in [0.29, 0.717) is 17.6 Å². The molecule has 0 saturated carbocycles. The molecule has 0 amide bonds. The van der Waals surface area contributed by atoms with Gasteiger partial charge in [-0.3, -0.25) is 0 Å². The summed E-state index contributed by atoms with van der Waals surface area (Å²) in [5.74, 6) is 7.20. The Hall–Kier alpha value is -2.60. The van der Waals surface area contributed by atoms with E-state index in [1.54, 1.807) is 12.4 Å². The van der Waals surface area contributed by atoms with E-state index in [1.807, 2.05) is 22.7 Å². The van der Waals surface area contributed by atoms with Crippen LogP contribution in [0.25, 0.3) is 5.65 Å². The van der Waals surface area contributed by atoms with E-state index >= 15 is 0 Å². The molecule has 3 aromatic rings. The average molecular weight is 282 g/mol. The zero-order valence-electron chi connectivity index (χ0n) is 12.0. The number of hydrazine groups is 1. The second-order valence-electron chi connectivity index (χ2n) is 5.18. The molecule has 21 heavy (non-hydrogen) atoms. The minimum atomic E-state index is 0.515. The lowest BCUT2D eigenvalue weighted by Crippen LogP contribution is -2.11. The molecule has 0 spiro atoms. The second kappa shape index (κ2) is 5.41. The predicted octanol–water partition coefficient (Wildman–Crippen LogP) is 2.88. The molecule has 1 aromatic carbocycles. The lowest BCUT2D eigenvalue weighted by atomic mass is 10.0. The van der Waals surface area contributed by atoms with Gasteiger partial charge in [-0.25, -0.2) is 15.8 Å². The van der Waals surface area contributed by atoms with Gasteiger partial charge in [0, 0.05) is 18.1 Å². The number of rotatable bonds is 4. The first-order valence-corrected chi connectivity index (χ1v) is 6.84. The van der Waals surface area contributed by atoms with Crippen molar-refractivity contribution in [2.75, 3.05) is 10.7 Å². The van der Waals surface area contributed by atoms with Crippen molar-refractivity contribution < 1.29 is 0 Å². The number of hydrogen-bond donors (Lipinski definition) is 3. The molecule has 0 atom stereocenters.